The lowest BCUT2D eigenvalue weighted by molar-refractivity contribution is 0.104. The molecule has 0 heterocycles. The molecular formula is C15H11ClO4. The summed E-state index contributed by atoms with van der Waals surface area (Å²) in [5.41, 5.74) is 0.859. The van der Waals surface area contributed by atoms with Crippen LogP contribution in [0.5, 0.6) is 17.2 Å². The number of hydrogen-bond acceptors (Lipinski definition) is 4. The van der Waals surface area contributed by atoms with Crippen molar-refractivity contribution in [2.45, 2.75) is 0 Å². The zero-order chi connectivity index (χ0) is 14.7. The van der Waals surface area contributed by atoms with Gasteiger partial charge in [0.15, 0.2) is 23.0 Å². The number of carbonyl (C=O) groups excluding carboxylic acids is 1. The van der Waals surface area contributed by atoms with Gasteiger partial charge >= 0.3 is 0 Å². The molecule has 0 spiro atoms. The van der Waals surface area contributed by atoms with E-state index in [0.29, 0.717) is 16.1 Å². The first-order chi connectivity index (χ1) is 9.47. The lowest BCUT2D eigenvalue weighted by Crippen LogP contribution is -1.93. The van der Waals surface area contributed by atoms with Gasteiger partial charge in [0, 0.05) is 10.6 Å². The molecule has 0 aliphatic carbocycles. The molecular weight excluding hydrogens is 280 g/mol. The maximum atomic E-state index is 11.9. The number of ketones is 1. The van der Waals surface area contributed by atoms with E-state index in [1.54, 1.807) is 24.3 Å². The van der Waals surface area contributed by atoms with Crippen LogP contribution in [0, 0.1) is 0 Å². The van der Waals surface area contributed by atoms with Crippen molar-refractivity contribution in [1.82, 2.24) is 0 Å². The normalized spacial score (nSPS) is 10.8. The van der Waals surface area contributed by atoms with Gasteiger partial charge in [-0.25, -0.2) is 0 Å². The van der Waals surface area contributed by atoms with Gasteiger partial charge in [0.05, 0.1) is 0 Å². The third kappa shape index (κ3) is 3.10. The number of rotatable bonds is 3. The number of allylic oxidation sites excluding steroid dienone is 1. The number of benzene rings is 2. The van der Waals surface area contributed by atoms with Crippen LogP contribution in [0.3, 0.4) is 0 Å². The highest BCUT2D eigenvalue weighted by atomic mass is 35.5. The summed E-state index contributed by atoms with van der Waals surface area (Å²) in [4.78, 5) is 11.9. The molecule has 0 unspecified atom stereocenters. The fourth-order valence-electron chi connectivity index (χ4n) is 1.60. The summed E-state index contributed by atoms with van der Waals surface area (Å²) in [7, 11) is 0. The summed E-state index contributed by atoms with van der Waals surface area (Å²) in [6.07, 6.45) is 2.73. The van der Waals surface area contributed by atoms with Crippen LogP contribution in [0.25, 0.3) is 6.08 Å². The van der Waals surface area contributed by atoms with Crippen molar-refractivity contribution in [1.29, 1.82) is 0 Å². The third-order valence-electron chi connectivity index (χ3n) is 2.65. The lowest BCUT2D eigenvalue weighted by atomic mass is 10.1. The van der Waals surface area contributed by atoms with Crippen molar-refractivity contribution in [2.75, 3.05) is 0 Å². The smallest absolute Gasteiger partial charge is 0.200 e. The molecule has 0 saturated carbocycles. The van der Waals surface area contributed by atoms with Crippen LogP contribution in [0.2, 0.25) is 5.02 Å². The summed E-state index contributed by atoms with van der Waals surface area (Å²) in [5.74, 6) is -1.74. The quantitative estimate of drug-likeness (QED) is 0.460. The molecule has 2 aromatic carbocycles. The molecule has 5 heteroatoms. The van der Waals surface area contributed by atoms with Crippen molar-refractivity contribution in [2.24, 2.45) is 0 Å². The van der Waals surface area contributed by atoms with Crippen molar-refractivity contribution < 1.29 is 20.1 Å². The first kappa shape index (κ1) is 14.0. The molecule has 0 aromatic heterocycles. The molecule has 0 radical (unpaired) electrons. The van der Waals surface area contributed by atoms with E-state index in [0.717, 1.165) is 0 Å². The third-order valence-corrected chi connectivity index (χ3v) is 2.90. The fourth-order valence-corrected chi connectivity index (χ4v) is 1.73. The highest BCUT2D eigenvalue weighted by Gasteiger charge is 2.07. The minimum Gasteiger partial charge on any atom is -0.504 e. The van der Waals surface area contributed by atoms with Crippen LogP contribution < -0.4 is 0 Å². The number of phenols is 3. The van der Waals surface area contributed by atoms with Crippen LogP contribution in [0.1, 0.15) is 15.9 Å². The molecule has 0 aliphatic heterocycles. The van der Waals surface area contributed by atoms with E-state index in [1.165, 1.54) is 24.3 Å². The zero-order valence-corrected chi connectivity index (χ0v) is 11.0. The Morgan fingerprint density at radius 3 is 2.10 bits per heavy atom. The Hall–Kier alpha value is -2.46. The van der Waals surface area contributed by atoms with Crippen molar-refractivity contribution in [3.63, 3.8) is 0 Å². The van der Waals surface area contributed by atoms with E-state index in [1.807, 2.05) is 0 Å². The summed E-state index contributed by atoms with van der Waals surface area (Å²) >= 11 is 5.73. The predicted molar refractivity (Wildman–Crippen MR) is 76.3 cm³/mol. The Morgan fingerprint density at radius 2 is 1.55 bits per heavy atom. The molecule has 0 atom stereocenters. The Bertz CT molecular complexity index is 652. The number of halogens is 1. The summed E-state index contributed by atoms with van der Waals surface area (Å²) < 4.78 is 0. The zero-order valence-electron chi connectivity index (χ0n) is 10.2. The monoisotopic (exact) mass is 290 g/mol. The van der Waals surface area contributed by atoms with Gasteiger partial charge in [0.2, 0.25) is 0 Å². The fraction of sp³-hybridized carbons (Fsp3) is 0. The summed E-state index contributed by atoms with van der Waals surface area (Å²) in [6, 6.07) is 8.89. The second-order valence-corrected chi connectivity index (χ2v) is 4.55. The van der Waals surface area contributed by atoms with Crippen molar-refractivity contribution in [3.8, 4) is 17.2 Å². The van der Waals surface area contributed by atoms with Crippen molar-refractivity contribution in [3.05, 3.63) is 58.6 Å². The standard InChI is InChI=1S/C15H11ClO4/c16-11-4-2-10(3-5-11)12(17)6-1-9-7-13(18)15(20)14(19)8-9/h1-8,18-20H/b6-1+. The maximum absolute atomic E-state index is 11.9. The van der Waals surface area contributed by atoms with Gasteiger partial charge in [-0.2, -0.15) is 0 Å². The SMILES string of the molecule is O=C(/C=C/c1cc(O)c(O)c(O)c1)c1ccc(Cl)cc1. The molecule has 0 bridgehead atoms. The molecule has 0 amide bonds. The van der Waals surface area contributed by atoms with E-state index in [9.17, 15) is 20.1 Å². The Labute approximate surface area is 120 Å². The highest BCUT2D eigenvalue weighted by molar-refractivity contribution is 6.30. The molecule has 102 valence electrons. The number of aromatic hydroxyl groups is 3. The molecule has 4 nitrogen and oxygen atoms in total. The van der Waals surface area contributed by atoms with Crippen LogP contribution >= 0.6 is 11.6 Å². The predicted octanol–water partition coefficient (Wildman–Crippen LogP) is 3.35. The summed E-state index contributed by atoms with van der Waals surface area (Å²) in [5, 5.41) is 28.4. The van der Waals surface area contributed by atoms with Gasteiger partial charge in [0.25, 0.3) is 0 Å². The second kappa shape index (κ2) is 5.67. The van der Waals surface area contributed by atoms with Crippen LogP contribution in [-0.2, 0) is 0 Å². The van der Waals surface area contributed by atoms with Gasteiger partial charge in [0.1, 0.15) is 0 Å². The lowest BCUT2D eigenvalue weighted by Gasteiger charge is -2.02. The molecule has 20 heavy (non-hydrogen) atoms. The van der Waals surface area contributed by atoms with Gasteiger partial charge in [-0.1, -0.05) is 17.7 Å². The van der Waals surface area contributed by atoms with E-state index < -0.39 is 17.2 Å². The average molecular weight is 291 g/mol. The second-order valence-electron chi connectivity index (χ2n) is 4.11. The molecule has 0 saturated heterocycles. The Balaban J connectivity index is 2.21. The molecule has 0 aliphatic rings. The average Bonchev–Trinajstić information content (AvgIpc) is 2.42. The van der Waals surface area contributed by atoms with Gasteiger partial charge in [-0.05, 0) is 48.0 Å². The maximum Gasteiger partial charge on any atom is 0.200 e. The van der Waals surface area contributed by atoms with E-state index in [-0.39, 0.29) is 5.78 Å². The highest BCUT2D eigenvalue weighted by Crippen LogP contribution is 2.35. The minimum absolute atomic E-state index is 0.242. The van der Waals surface area contributed by atoms with Crippen LogP contribution in [-0.4, -0.2) is 21.1 Å². The van der Waals surface area contributed by atoms with Gasteiger partial charge in [-0.15, -0.1) is 0 Å². The van der Waals surface area contributed by atoms with E-state index in [2.05, 4.69) is 0 Å². The Morgan fingerprint density at radius 1 is 1.00 bits per heavy atom. The largest absolute Gasteiger partial charge is 0.504 e. The van der Waals surface area contributed by atoms with E-state index in [4.69, 9.17) is 11.6 Å². The molecule has 2 aromatic rings. The van der Waals surface area contributed by atoms with Crippen LogP contribution in [0.15, 0.2) is 42.5 Å². The number of carbonyl (C=O) groups is 1. The van der Waals surface area contributed by atoms with Crippen molar-refractivity contribution >= 4 is 23.5 Å². The first-order valence-corrected chi connectivity index (χ1v) is 6.08. The van der Waals surface area contributed by atoms with E-state index >= 15 is 0 Å². The number of phenolic OH excluding ortho intramolecular Hbond substituents is 3. The molecule has 0 fully saturated rings. The molecule has 3 N–H and O–H groups in total. The minimum atomic E-state index is -0.592. The summed E-state index contributed by atoms with van der Waals surface area (Å²) in [6.45, 7) is 0. The Kier molecular flexibility index (Phi) is 3.96. The topological polar surface area (TPSA) is 77.8 Å². The van der Waals surface area contributed by atoms with Gasteiger partial charge in [-0.3, -0.25) is 4.79 Å². The molecule has 2 rings (SSSR count). The van der Waals surface area contributed by atoms with Crippen LogP contribution in [0.4, 0.5) is 0 Å². The van der Waals surface area contributed by atoms with Gasteiger partial charge < -0.3 is 15.3 Å². The number of hydrogen-bond donors (Lipinski definition) is 3. The first-order valence-electron chi connectivity index (χ1n) is 5.70.